The summed E-state index contributed by atoms with van der Waals surface area (Å²) in [5.41, 5.74) is 0.911. The predicted octanol–water partition coefficient (Wildman–Crippen LogP) is 2.27. The van der Waals surface area contributed by atoms with Gasteiger partial charge in [-0.2, -0.15) is 0 Å². The van der Waals surface area contributed by atoms with Gasteiger partial charge >= 0.3 is 11.9 Å². The fourth-order valence-corrected chi connectivity index (χ4v) is 2.78. The number of amides is 2. The molecule has 8 nitrogen and oxygen atoms in total. The zero-order valence-electron chi connectivity index (χ0n) is 18.6. The third-order valence-electron chi connectivity index (χ3n) is 4.29. The zero-order valence-corrected chi connectivity index (χ0v) is 18.6. The molecule has 0 aliphatic heterocycles. The summed E-state index contributed by atoms with van der Waals surface area (Å²) in [6, 6.07) is 14.1. The van der Waals surface area contributed by atoms with E-state index in [4.69, 9.17) is 9.47 Å². The fraction of sp³-hybridized carbons (Fsp3) is 0.333. The number of methoxy groups -OCH3 is 1. The van der Waals surface area contributed by atoms with Gasteiger partial charge in [-0.15, -0.1) is 0 Å². The van der Waals surface area contributed by atoms with E-state index in [0.29, 0.717) is 16.7 Å². The van der Waals surface area contributed by atoms with Gasteiger partial charge in [-0.3, -0.25) is 9.59 Å². The molecule has 0 aliphatic carbocycles. The van der Waals surface area contributed by atoms with E-state index in [9.17, 15) is 19.2 Å². The molecule has 2 aromatic rings. The molecule has 0 saturated heterocycles. The number of benzene rings is 2. The summed E-state index contributed by atoms with van der Waals surface area (Å²) >= 11 is 0. The van der Waals surface area contributed by atoms with Crippen LogP contribution in [0.1, 0.15) is 47.1 Å². The monoisotopic (exact) mass is 440 g/mol. The van der Waals surface area contributed by atoms with Crippen LogP contribution in [0.25, 0.3) is 0 Å². The summed E-state index contributed by atoms with van der Waals surface area (Å²) in [5, 5.41) is 5.08. The number of carbonyl (C=O) groups is 4. The molecule has 0 aromatic heterocycles. The normalized spacial score (nSPS) is 11.8. The Morgan fingerprint density at radius 2 is 1.53 bits per heavy atom. The molecule has 0 fully saturated rings. The Balaban J connectivity index is 1.96. The lowest BCUT2D eigenvalue weighted by molar-refractivity contribution is -0.144. The van der Waals surface area contributed by atoms with Gasteiger partial charge in [-0.25, -0.2) is 9.59 Å². The van der Waals surface area contributed by atoms with E-state index in [-0.39, 0.29) is 13.0 Å². The van der Waals surface area contributed by atoms with Crippen LogP contribution in [-0.4, -0.2) is 49.1 Å². The number of rotatable bonds is 8. The summed E-state index contributed by atoms with van der Waals surface area (Å²) in [7, 11) is 1.23. The predicted molar refractivity (Wildman–Crippen MR) is 118 cm³/mol. The summed E-state index contributed by atoms with van der Waals surface area (Å²) in [6.45, 7) is 5.06. The zero-order chi connectivity index (χ0) is 23.7. The molecule has 0 heterocycles. The van der Waals surface area contributed by atoms with Crippen molar-refractivity contribution >= 4 is 23.8 Å². The Morgan fingerprint density at radius 3 is 2.09 bits per heavy atom. The average molecular weight is 440 g/mol. The Bertz CT molecular complexity index is 949. The molecule has 2 amide bonds. The highest BCUT2D eigenvalue weighted by Gasteiger charge is 2.23. The van der Waals surface area contributed by atoms with E-state index in [2.05, 4.69) is 10.6 Å². The quantitative estimate of drug-likeness (QED) is 0.610. The van der Waals surface area contributed by atoms with Gasteiger partial charge in [-0.05, 0) is 50.6 Å². The van der Waals surface area contributed by atoms with Crippen molar-refractivity contribution in [2.24, 2.45) is 0 Å². The van der Waals surface area contributed by atoms with E-state index in [1.165, 1.54) is 7.11 Å². The highest BCUT2D eigenvalue weighted by atomic mass is 16.6. The lowest BCUT2D eigenvalue weighted by atomic mass is 10.0. The van der Waals surface area contributed by atoms with E-state index in [0.717, 1.165) is 0 Å². The first-order chi connectivity index (χ1) is 15.1. The lowest BCUT2D eigenvalue weighted by Gasteiger charge is -2.20. The molecule has 1 atom stereocenters. The maximum Gasteiger partial charge on any atom is 0.338 e. The second-order valence-electron chi connectivity index (χ2n) is 8.09. The van der Waals surface area contributed by atoms with Crippen molar-refractivity contribution in [1.29, 1.82) is 0 Å². The number of hydrogen-bond donors (Lipinski definition) is 2. The van der Waals surface area contributed by atoms with Crippen LogP contribution in [0.2, 0.25) is 0 Å². The van der Waals surface area contributed by atoms with Crippen LogP contribution in [0, 0.1) is 0 Å². The van der Waals surface area contributed by atoms with Gasteiger partial charge in [0, 0.05) is 12.0 Å². The van der Waals surface area contributed by atoms with Gasteiger partial charge < -0.3 is 20.1 Å². The highest BCUT2D eigenvalue weighted by Crippen LogP contribution is 2.14. The lowest BCUT2D eigenvalue weighted by Crippen LogP contribution is -2.47. The van der Waals surface area contributed by atoms with Gasteiger partial charge in [-0.1, -0.05) is 30.3 Å². The third-order valence-corrected chi connectivity index (χ3v) is 4.29. The van der Waals surface area contributed by atoms with Crippen LogP contribution < -0.4 is 10.6 Å². The third kappa shape index (κ3) is 7.86. The van der Waals surface area contributed by atoms with Gasteiger partial charge in [0.05, 0.1) is 19.2 Å². The second-order valence-corrected chi connectivity index (χ2v) is 8.09. The molecule has 2 aromatic carbocycles. The molecule has 8 heteroatoms. The largest absolute Gasteiger partial charge is 0.467 e. The number of nitrogens with one attached hydrogen (secondary N) is 2. The first kappa shape index (κ1) is 24.6. The maximum absolute atomic E-state index is 12.3. The second kappa shape index (κ2) is 11.1. The standard InChI is InChI=1S/C24H28N2O6/c1-24(2,3)32-22(29)18-12-10-16(11-13-18)14-19(23(30)31-4)26-20(27)15-25-21(28)17-8-6-5-7-9-17/h5-13,19H,14-15H2,1-4H3,(H,25,28)(H,26,27)/t19-/m0/s1. The van der Waals surface area contributed by atoms with Gasteiger partial charge in [0.25, 0.3) is 5.91 Å². The minimum absolute atomic E-state index is 0.152. The van der Waals surface area contributed by atoms with Crippen molar-refractivity contribution in [3.05, 3.63) is 71.3 Å². The van der Waals surface area contributed by atoms with Crippen molar-refractivity contribution in [3.63, 3.8) is 0 Å². The molecule has 32 heavy (non-hydrogen) atoms. The fourth-order valence-electron chi connectivity index (χ4n) is 2.78. The van der Waals surface area contributed by atoms with Gasteiger partial charge in [0.1, 0.15) is 11.6 Å². The van der Waals surface area contributed by atoms with Crippen LogP contribution in [0.5, 0.6) is 0 Å². The van der Waals surface area contributed by atoms with Crippen molar-refractivity contribution < 1.29 is 28.7 Å². The number of esters is 2. The maximum atomic E-state index is 12.3. The average Bonchev–Trinajstić information content (AvgIpc) is 2.76. The highest BCUT2D eigenvalue weighted by molar-refractivity contribution is 5.96. The van der Waals surface area contributed by atoms with Crippen LogP contribution >= 0.6 is 0 Å². The molecule has 0 aliphatic rings. The van der Waals surface area contributed by atoms with Crippen molar-refractivity contribution in [2.45, 2.75) is 38.8 Å². The van der Waals surface area contributed by atoms with Crippen molar-refractivity contribution in [2.75, 3.05) is 13.7 Å². The van der Waals surface area contributed by atoms with Crippen LogP contribution in [0.15, 0.2) is 54.6 Å². The minimum Gasteiger partial charge on any atom is -0.467 e. The molecule has 170 valence electrons. The number of carbonyl (C=O) groups excluding carboxylic acids is 4. The first-order valence-electron chi connectivity index (χ1n) is 10.1. The molecule has 0 radical (unpaired) electrons. The molecule has 2 N–H and O–H groups in total. The summed E-state index contributed by atoms with van der Waals surface area (Å²) in [6.07, 6.45) is 0.152. The summed E-state index contributed by atoms with van der Waals surface area (Å²) in [5.74, 6) is -2.00. The minimum atomic E-state index is -0.950. The molecule has 0 bridgehead atoms. The topological polar surface area (TPSA) is 111 Å². The summed E-state index contributed by atoms with van der Waals surface area (Å²) in [4.78, 5) is 48.6. The smallest absolute Gasteiger partial charge is 0.338 e. The van der Waals surface area contributed by atoms with Crippen LogP contribution in [-0.2, 0) is 25.5 Å². The Morgan fingerprint density at radius 1 is 0.906 bits per heavy atom. The van der Waals surface area contributed by atoms with Crippen molar-refractivity contribution in [3.8, 4) is 0 Å². The summed E-state index contributed by atoms with van der Waals surface area (Å²) < 4.78 is 10.1. The molecule has 2 rings (SSSR count). The first-order valence-corrected chi connectivity index (χ1v) is 10.1. The molecule has 0 unspecified atom stereocenters. The van der Waals surface area contributed by atoms with Gasteiger partial charge in [0.2, 0.25) is 5.91 Å². The molecule has 0 saturated carbocycles. The number of hydrogen-bond acceptors (Lipinski definition) is 6. The molecular formula is C24H28N2O6. The Kier molecular flexibility index (Phi) is 8.52. The van der Waals surface area contributed by atoms with Crippen LogP contribution in [0.4, 0.5) is 0 Å². The Hall–Kier alpha value is -3.68. The molecular weight excluding hydrogens is 412 g/mol. The SMILES string of the molecule is COC(=O)[C@H](Cc1ccc(C(=O)OC(C)(C)C)cc1)NC(=O)CNC(=O)c1ccccc1. The van der Waals surface area contributed by atoms with E-state index < -0.39 is 35.4 Å². The van der Waals surface area contributed by atoms with E-state index in [1.54, 1.807) is 75.4 Å². The van der Waals surface area contributed by atoms with E-state index in [1.807, 2.05) is 0 Å². The Labute approximate surface area is 187 Å². The van der Waals surface area contributed by atoms with Crippen LogP contribution in [0.3, 0.4) is 0 Å². The number of ether oxygens (including phenoxy) is 2. The van der Waals surface area contributed by atoms with Crippen molar-refractivity contribution in [1.82, 2.24) is 10.6 Å². The van der Waals surface area contributed by atoms with Gasteiger partial charge in [0.15, 0.2) is 0 Å². The molecule has 0 spiro atoms. The van der Waals surface area contributed by atoms with E-state index >= 15 is 0 Å².